The first-order valence-electron chi connectivity index (χ1n) is 6.76. The highest BCUT2D eigenvalue weighted by molar-refractivity contribution is 7.92. The van der Waals surface area contributed by atoms with Crippen molar-refractivity contribution in [3.8, 4) is 0 Å². The molecule has 0 bridgehead atoms. The SMILES string of the molecule is NC1(c2ccc(S(=O)(=O)C3CC3)c(F)c2)CCCC1. The van der Waals surface area contributed by atoms with Gasteiger partial charge in [-0.15, -0.1) is 0 Å². The predicted molar refractivity (Wildman–Crippen MR) is 70.9 cm³/mol. The van der Waals surface area contributed by atoms with E-state index in [0.29, 0.717) is 12.8 Å². The molecule has 1 aromatic rings. The summed E-state index contributed by atoms with van der Waals surface area (Å²) in [6.07, 6.45) is 5.04. The standard InChI is InChI=1S/C14H18FNO2S/c15-12-9-10(14(16)7-1-2-8-14)3-6-13(12)19(17,18)11-4-5-11/h3,6,9,11H,1-2,4-5,7-8,16H2. The molecule has 19 heavy (non-hydrogen) atoms. The number of nitrogens with two attached hydrogens (primary N) is 1. The van der Waals surface area contributed by atoms with E-state index in [2.05, 4.69) is 0 Å². The summed E-state index contributed by atoms with van der Waals surface area (Å²) in [6, 6.07) is 4.40. The molecule has 5 heteroatoms. The molecule has 0 heterocycles. The molecular weight excluding hydrogens is 265 g/mol. The molecule has 3 rings (SSSR count). The molecule has 2 N–H and O–H groups in total. The summed E-state index contributed by atoms with van der Waals surface area (Å²) in [4.78, 5) is -0.166. The van der Waals surface area contributed by atoms with Crippen LogP contribution in [-0.4, -0.2) is 13.7 Å². The van der Waals surface area contributed by atoms with Crippen LogP contribution in [0.25, 0.3) is 0 Å². The first-order valence-corrected chi connectivity index (χ1v) is 8.31. The number of rotatable bonds is 3. The van der Waals surface area contributed by atoms with Crippen LogP contribution in [0.3, 0.4) is 0 Å². The van der Waals surface area contributed by atoms with Crippen molar-refractivity contribution in [2.24, 2.45) is 5.73 Å². The van der Waals surface area contributed by atoms with Gasteiger partial charge in [0.2, 0.25) is 0 Å². The topological polar surface area (TPSA) is 60.2 Å². The van der Waals surface area contributed by atoms with Gasteiger partial charge < -0.3 is 5.73 Å². The van der Waals surface area contributed by atoms with Crippen molar-refractivity contribution >= 4 is 9.84 Å². The van der Waals surface area contributed by atoms with Gasteiger partial charge >= 0.3 is 0 Å². The van der Waals surface area contributed by atoms with Gasteiger partial charge in [-0.25, -0.2) is 12.8 Å². The van der Waals surface area contributed by atoms with Gasteiger partial charge in [0.15, 0.2) is 9.84 Å². The Hall–Kier alpha value is -0.940. The van der Waals surface area contributed by atoms with E-state index in [9.17, 15) is 12.8 Å². The highest BCUT2D eigenvalue weighted by atomic mass is 32.2. The van der Waals surface area contributed by atoms with Crippen LogP contribution in [0.2, 0.25) is 0 Å². The number of hydrogen-bond donors (Lipinski definition) is 1. The van der Waals surface area contributed by atoms with Crippen molar-refractivity contribution in [2.45, 2.75) is 54.2 Å². The summed E-state index contributed by atoms with van der Waals surface area (Å²) in [5.74, 6) is -0.652. The molecule has 2 aliphatic rings. The zero-order valence-corrected chi connectivity index (χ0v) is 11.5. The smallest absolute Gasteiger partial charge is 0.184 e. The van der Waals surface area contributed by atoms with E-state index in [1.54, 1.807) is 6.07 Å². The number of benzene rings is 1. The van der Waals surface area contributed by atoms with Crippen LogP contribution in [0.5, 0.6) is 0 Å². The number of halogens is 1. The highest BCUT2D eigenvalue weighted by Crippen LogP contribution is 2.39. The molecular formula is C14H18FNO2S. The van der Waals surface area contributed by atoms with Crippen molar-refractivity contribution < 1.29 is 12.8 Å². The molecule has 0 spiro atoms. The molecule has 104 valence electrons. The van der Waals surface area contributed by atoms with Gasteiger partial charge in [-0.2, -0.15) is 0 Å². The van der Waals surface area contributed by atoms with Gasteiger partial charge in [-0.05, 0) is 43.4 Å². The molecule has 0 atom stereocenters. The Bertz CT molecular complexity index is 602. The molecule has 2 saturated carbocycles. The normalized spacial score (nSPS) is 22.6. The lowest BCUT2D eigenvalue weighted by Gasteiger charge is -2.24. The lowest BCUT2D eigenvalue weighted by atomic mass is 9.89. The van der Waals surface area contributed by atoms with E-state index in [-0.39, 0.29) is 10.1 Å². The minimum Gasteiger partial charge on any atom is -0.321 e. The summed E-state index contributed by atoms with van der Waals surface area (Å²) >= 11 is 0. The van der Waals surface area contributed by atoms with Gasteiger partial charge in [0, 0.05) is 5.54 Å². The zero-order chi connectivity index (χ0) is 13.7. The van der Waals surface area contributed by atoms with Crippen molar-refractivity contribution in [1.29, 1.82) is 0 Å². The molecule has 0 aliphatic heterocycles. The molecule has 0 radical (unpaired) electrons. The quantitative estimate of drug-likeness (QED) is 0.927. The van der Waals surface area contributed by atoms with E-state index in [0.717, 1.165) is 31.2 Å². The van der Waals surface area contributed by atoms with Crippen LogP contribution in [-0.2, 0) is 15.4 Å². The van der Waals surface area contributed by atoms with E-state index in [4.69, 9.17) is 5.73 Å². The molecule has 2 aliphatic carbocycles. The largest absolute Gasteiger partial charge is 0.321 e. The maximum atomic E-state index is 14.1. The number of sulfone groups is 1. The molecule has 1 aromatic carbocycles. The Morgan fingerprint density at radius 1 is 1.21 bits per heavy atom. The van der Waals surface area contributed by atoms with Crippen LogP contribution < -0.4 is 5.73 Å². The highest BCUT2D eigenvalue weighted by Gasteiger charge is 2.39. The monoisotopic (exact) mass is 283 g/mol. The Morgan fingerprint density at radius 3 is 2.37 bits per heavy atom. The third kappa shape index (κ3) is 2.19. The zero-order valence-electron chi connectivity index (χ0n) is 10.7. The maximum absolute atomic E-state index is 14.1. The molecule has 0 unspecified atom stereocenters. The Labute approximate surface area is 112 Å². The first kappa shape index (κ1) is 13.1. The van der Waals surface area contributed by atoms with Gasteiger partial charge in [-0.1, -0.05) is 18.9 Å². The molecule has 0 saturated heterocycles. The molecule has 0 amide bonds. The van der Waals surface area contributed by atoms with Crippen molar-refractivity contribution in [3.05, 3.63) is 29.6 Å². The van der Waals surface area contributed by atoms with Crippen molar-refractivity contribution in [3.63, 3.8) is 0 Å². The Morgan fingerprint density at radius 2 is 1.84 bits per heavy atom. The van der Waals surface area contributed by atoms with E-state index in [1.807, 2.05) is 0 Å². The van der Waals surface area contributed by atoms with Crippen LogP contribution in [0.4, 0.5) is 4.39 Å². The van der Waals surface area contributed by atoms with Gasteiger partial charge in [0.05, 0.1) is 5.25 Å². The fourth-order valence-electron chi connectivity index (χ4n) is 2.89. The predicted octanol–water partition coefficient (Wildman–Crippen LogP) is 2.49. The maximum Gasteiger partial charge on any atom is 0.184 e. The van der Waals surface area contributed by atoms with Crippen LogP contribution in [0.1, 0.15) is 44.1 Å². The first-order chi connectivity index (χ1) is 8.93. The minimum absolute atomic E-state index is 0.166. The second-order valence-electron chi connectivity index (χ2n) is 5.75. The van der Waals surface area contributed by atoms with E-state index in [1.165, 1.54) is 12.1 Å². The average Bonchev–Trinajstić information content (AvgIpc) is 3.13. The summed E-state index contributed by atoms with van der Waals surface area (Å²) in [5, 5.41) is -0.383. The Balaban J connectivity index is 1.98. The third-order valence-electron chi connectivity index (χ3n) is 4.27. The van der Waals surface area contributed by atoms with Crippen molar-refractivity contribution in [2.75, 3.05) is 0 Å². The average molecular weight is 283 g/mol. The Kier molecular flexibility index (Phi) is 2.94. The van der Waals surface area contributed by atoms with Crippen LogP contribution >= 0.6 is 0 Å². The molecule has 3 nitrogen and oxygen atoms in total. The minimum atomic E-state index is -3.47. The molecule has 2 fully saturated rings. The summed E-state index contributed by atoms with van der Waals surface area (Å²) < 4.78 is 38.2. The van der Waals surface area contributed by atoms with Gasteiger partial charge in [0.1, 0.15) is 10.7 Å². The third-order valence-corrected chi connectivity index (χ3v) is 6.57. The summed E-state index contributed by atoms with van der Waals surface area (Å²) in [6.45, 7) is 0. The summed E-state index contributed by atoms with van der Waals surface area (Å²) in [5.41, 5.74) is 6.50. The lowest BCUT2D eigenvalue weighted by molar-refractivity contribution is 0.455. The van der Waals surface area contributed by atoms with E-state index < -0.39 is 21.2 Å². The van der Waals surface area contributed by atoms with Crippen LogP contribution in [0, 0.1) is 5.82 Å². The van der Waals surface area contributed by atoms with E-state index >= 15 is 0 Å². The molecule has 0 aromatic heterocycles. The number of hydrogen-bond acceptors (Lipinski definition) is 3. The van der Waals surface area contributed by atoms with Crippen LogP contribution in [0.15, 0.2) is 23.1 Å². The summed E-state index contributed by atoms with van der Waals surface area (Å²) in [7, 11) is -3.47. The fraction of sp³-hybridized carbons (Fsp3) is 0.571. The van der Waals surface area contributed by atoms with Crippen molar-refractivity contribution in [1.82, 2.24) is 0 Å². The fourth-order valence-corrected chi connectivity index (χ4v) is 4.60. The lowest BCUT2D eigenvalue weighted by Crippen LogP contribution is -2.33. The van der Waals surface area contributed by atoms with Gasteiger partial charge in [-0.3, -0.25) is 0 Å². The second kappa shape index (κ2) is 4.28. The van der Waals surface area contributed by atoms with Gasteiger partial charge in [0.25, 0.3) is 0 Å². The second-order valence-corrected chi connectivity index (χ2v) is 7.95.